The molecule has 2 aromatic rings. The van der Waals surface area contributed by atoms with Crippen molar-refractivity contribution >= 4 is 50.8 Å². The van der Waals surface area contributed by atoms with Crippen LogP contribution in [0.3, 0.4) is 0 Å². The minimum absolute atomic E-state index is 0.0464. The number of anilines is 2. The fraction of sp³-hybridized carbons (Fsp3) is 0.318. The van der Waals surface area contributed by atoms with E-state index in [0.29, 0.717) is 16.9 Å². The van der Waals surface area contributed by atoms with Gasteiger partial charge in [-0.25, -0.2) is 13.2 Å². The Balaban J connectivity index is 1.66. The van der Waals surface area contributed by atoms with E-state index in [1.54, 1.807) is 32.0 Å². The summed E-state index contributed by atoms with van der Waals surface area (Å²) < 4.78 is 30.6. The Morgan fingerprint density at radius 1 is 1.19 bits per heavy atom. The van der Waals surface area contributed by atoms with Gasteiger partial charge in [-0.05, 0) is 56.3 Å². The van der Waals surface area contributed by atoms with Crippen LogP contribution in [0.5, 0.6) is 0 Å². The van der Waals surface area contributed by atoms with Crippen LogP contribution in [0.25, 0.3) is 0 Å². The van der Waals surface area contributed by atoms with Crippen LogP contribution in [0.1, 0.15) is 31.1 Å². The molecule has 0 aromatic heterocycles. The second-order valence-corrected chi connectivity index (χ2v) is 10.8. The molecule has 1 aliphatic rings. The fourth-order valence-corrected chi connectivity index (χ4v) is 5.56. The molecule has 3 rings (SSSR count). The highest BCUT2D eigenvalue weighted by Gasteiger charge is 2.27. The van der Waals surface area contributed by atoms with Gasteiger partial charge in [-0.3, -0.25) is 9.59 Å². The van der Waals surface area contributed by atoms with Crippen molar-refractivity contribution in [2.75, 3.05) is 23.0 Å². The molecule has 2 amide bonds. The first-order valence-corrected chi connectivity index (χ1v) is 12.6. The predicted octanol–water partition coefficient (Wildman–Crippen LogP) is 3.34. The summed E-state index contributed by atoms with van der Waals surface area (Å²) in [6.45, 7) is 5.27. The molecule has 0 fully saturated rings. The van der Waals surface area contributed by atoms with Crippen molar-refractivity contribution in [1.29, 1.82) is 0 Å². The summed E-state index contributed by atoms with van der Waals surface area (Å²) in [6, 6.07) is 10.7. The quantitative estimate of drug-likeness (QED) is 0.588. The summed E-state index contributed by atoms with van der Waals surface area (Å²) >= 11 is 1.36. The summed E-state index contributed by atoms with van der Waals surface area (Å²) in [6.07, 6.45) is 0. The third-order valence-electron chi connectivity index (χ3n) is 4.82. The van der Waals surface area contributed by atoms with Crippen molar-refractivity contribution in [3.8, 4) is 0 Å². The summed E-state index contributed by atoms with van der Waals surface area (Å²) in [5, 5.41) is 5.12. The predicted molar refractivity (Wildman–Crippen MR) is 123 cm³/mol. The molecule has 8 nitrogen and oxygen atoms in total. The zero-order chi connectivity index (χ0) is 23.5. The number of carbonyl (C=O) groups is 3. The van der Waals surface area contributed by atoms with Crippen molar-refractivity contribution in [2.24, 2.45) is 5.92 Å². The van der Waals surface area contributed by atoms with Crippen LogP contribution in [0.2, 0.25) is 0 Å². The molecule has 0 spiro atoms. The van der Waals surface area contributed by atoms with Crippen molar-refractivity contribution in [3.05, 3.63) is 48.0 Å². The van der Waals surface area contributed by atoms with Crippen molar-refractivity contribution in [2.45, 2.75) is 35.8 Å². The maximum Gasteiger partial charge on any atom is 0.338 e. The van der Waals surface area contributed by atoms with Crippen molar-refractivity contribution < 1.29 is 27.5 Å². The van der Waals surface area contributed by atoms with Crippen LogP contribution in [-0.2, 0) is 24.2 Å². The van der Waals surface area contributed by atoms with Crippen LogP contribution >= 0.6 is 11.8 Å². The maximum atomic E-state index is 12.9. The first-order chi connectivity index (χ1) is 15.1. The third kappa shape index (κ3) is 5.49. The van der Waals surface area contributed by atoms with Gasteiger partial charge in [-0.2, -0.15) is 0 Å². The van der Waals surface area contributed by atoms with Gasteiger partial charge in [0.05, 0.1) is 33.8 Å². The van der Waals surface area contributed by atoms with E-state index in [9.17, 15) is 22.8 Å². The Bertz CT molecular complexity index is 1150. The van der Waals surface area contributed by atoms with Crippen molar-refractivity contribution in [3.63, 3.8) is 0 Å². The minimum Gasteiger partial charge on any atom is -0.462 e. The van der Waals surface area contributed by atoms with E-state index in [2.05, 4.69) is 10.6 Å². The van der Waals surface area contributed by atoms with Gasteiger partial charge in [0.1, 0.15) is 0 Å². The monoisotopic (exact) mass is 476 g/mol. The maximum absolute atomic E-state index is 12.9. The highest BCUT2D eigenvalue weighted by atomic mass is 32.2. The second-order valence-electron chi connectivity index (χ2n) is 7.38. The first-order valence-electron chi connectivity index (χ1n) is 10.0. The first kappa shape index (κ1) is 23.8. The van der Waals surface area contributed by atoms with E-state index in [0.717, 1.165) is 4.90 Å². The molecule has 0 saturated heterocycles. The van der Waals surface area contributed by atoms with E-state index >= 15 is 0 Å². The molecule has 2 atom stereocenters. The Morgan fingerprint density at radius 2 is 1.88 bits per heavy atom. The molecule has 0 radical (unpaired) electrons. The average Bonchev–Trinajstić information content (AvgIpc) is 2.74. The van der Waals surface area contributed by atoms with Crippen LogP contribution in [0.4, 0.5) is 11.4 Å². The van der Waals surface area contributed by atoms with Gasteiger partial charge >= 0.3 is 5.97 Å². The van der Waals surface area contributed by atoms with Gasteiger partial charge < -0.3 is 15.4 Å². The number of benzene rings is 2. The van der Waals surface area contributed by atoms with Crippen LogP contribution in [-0.4, -0.2) is 43.8 Å². The number of sulfone groups is 1. The molecular weight excluding hydrogens is 452 g/mol. The number of fused-ring (bicyclic) bond motifs is 1. The third-order valence-corrected chi connectivity index (χ3v) is 7.91. The number of hydrogen-bond donors (Lipinski definition) is 2. The number of amides is 2. The number of rotatable bonds is 7. The summed E-state index contributed by atoms with van der Waals surface area (Å²) in [4.78, 5) is 37.0. The highest BCUT2D eigenvalue weighted by Crippen LogP contribution is 2.37. The smallest absolute Gasteiger partial charge is 0.338 e. The van der Waals surface area contributed by atoms with Crippen LogP contribution in [0, 0.1) is 5.92 Å². The molecular formula is C22H24N2O6S2. The van der Waals surface area contributed by atoms with Gasteiger partial charge in [-0.1, -0.05) is 6.92 Å². The molecule has 170 valence electrons. The summed E-state index contributed by atoms with van der Waals surface area (Å²) in [5.74, 6) is -2.33. The zero-order valence-corrected chi connectivity index (χ0v) is 19.5. The normalized spacial score (nSPS) is 16.5. The van der Waals surface area contributed by atoms with E-state index in [4.69, 9.17) is 4.74 Å². The topological polar surface area (TPSA) is 119 Å². The average molecular weight is 477 g/mol. The minimum atomic E-state index is -3.77. The van der Waals surface area contributed by atoms with E-state index in [1.807, 2.05) is 0 Å². The Kier molecular flexibility index (Phi) is 7.25. The Labute approximate surface area is 191 Å². The lowest BCUT2D eigenvalue weighted by Gasteiger charge is -2.22. The van der Waals surface area contributed by atoms with Gasteiger partial charge in [0.25, 0.3) is 0 Å². The van der Waals surface area contributed by atoms with Gasteiger partial charge in [0.2, 0.25) is 11.8 Å². The number of nitrogens with one attached hydrogen (secondary N) is 2. The molecule has 2 N–H and O–H groups in total. The highest BCUT2D eigenvalue weighted by molar-refractivity contribution is 8.01. The van der Waals surface area contributed by atoms with E-state index < -0.39 is 33.4 Å². The Hall–Kier alpha value is -2.85. The van der Waals surface area contributed by atoms with E-state index in [1.165, 1.54) is 43.0 Å². The SMILES string of the molecule is CCOC(=O)c1ccc(NC(=O)C(C)CS(=O)(=O)c2ccc3c(c2)NC(=O)C(C)S3)cc1. The molecule has 1 heterocycles. The lowest BCUT2D eigenvalue weighted by atomic mass is 10.1. The molecule has 1 aliphatic heterocycles. The zero-order valence-electron chi connectivity index (χ0n) is 17.9. The molecule has 2 unspecified atom stereocenters. The molecule has 32 heavy (non-hydrogen) atoms. The van der Waals surface area contributed by atoms with E-state index in [-0.39, 0.29) is 22.7 Å². The largest absolute Gasteiger partial charge is 0.462 e. The second kappa shape index (κ2) is 9.74. The number of thioether (sulfide) groups is 1. The number of carbonyl (C=O) groups excluding carboxylic acids is 3. The molecule has 0 aliphatic carbocycles. The number of hydrogen-bond acceptors (Lipinski definition) is 7. The number of esters is 1. The Morgan fingerprint density at radius 3 is 2.53 bits per heavy atom. The van der Waals surface area contributed by atoms with Crippen LogP contribution < -0.4 is 10.6 Å². The molecule has 0 bridgehead atoms. The standard InChI is InChI=1S/C22H24N2O6S2/c1-4-30-22(27)15-5-7-16(8-6-15)23-20(25)13(2)12-32(28,29)17-9-10-19-18(11-17)24-21(26)14(3)31-19/h5-11,13-14H,4,12H2,1-3H3,(H,23,25)(H,24,26). The molecule has 10 heteroatoms. The van der Waals surface area contributed by atoms with Crippen molar-refractivity contribution in [1.82, 2.24) is 0 Å². The lowest BCUT2D eigenvalue weighted by molar-refractivity contribution is -0.119. The molecule has 0 saturated carbocycles. The van der Waals surface area contributed by atoms with Crippen LogP contribution in [0.15, 0.2) is 52.3 Å². The lowest BCUT2D eigenvalue weighted by Crippen LogP contribution is -2.28. The van der Waals surface area contributed by atoms with Gasteiger partial charge in [0, 0.05) is 16.5 Å². The molecule has 2 aromatic carbocycles. The van der Waals surface area contributed by atoms with Gasteiger partial charge in [-0.15, -0.1) is 11.8 Å². The number of ether oxygens (including phenoxy) is 1. The summed E-state index contributed by atoms with van der Waals surface area (Å²) in [5.41, 5.74) is 1.25. The van der Waals surface area contributed by atoms with Gasteiger partial charge in [0.15, 0.2) is 9.84 Å². The fourth-order valence-electron chi connectivity index (χ4n) is 3.05. The summed E-state index contributed by atoms with van der Waals surface area (Å²) in [7, 11) is -3.77.